The van der Waals surface area contributed by atoms with Gasteiger partial charge in [-0.1, -0.05) is 42.5 Å². The van der Waals surface area contributed by atoms with E-state index < -0.39 is 17.7 Å². The molecule has 6 nitrogen and oxygen atoms in total. The third kappa shape index (κ3) is 3.69. The lowest BCUT2D eigenvalue weighted by Gasteiger charge is -2.28. The number of ether oxygens (including phenoxy) is 2. The lowest BCUT2D eigenvalue weighted by atomic mass is 9.91. The van der Waals surface area contributed by atoms with Gasteiger partial charge in [0, 0.05) is 25.1 Å². The number of fused-ring (bicyclic) bond motifs is 2. The van der Waals surface area contributed by atoms with E-state index in [4.69, 9.17) is 9.47 Å². The summed E-state index contributed by atoms with van der Waals surface area (Å²) < 4.78 is 11.6. The molecule has 0 radical (unpaired) electrons. The van der Waals surface area contributed by atoms with E-state index >= 15 is 0 Å². The fourth-order valence-corrected chi connectivity index (χ4v) is 5.61. The highest BCUT2D eigenvalue weighted by Gasteiger charge is 2.47. The minimum Gasteiger partial charge on any atom is -0.507 e. The minimum absolute atomic E-state index is 0.0649. The number of amides is 1. The van der Waals surface area contributed by atoms with Gasteiger partial charge < -0.3 is 19.5 Å². The Kier molecular flexibility index (Phi) is 5.33. The van der Waals surface area contributed by atoms with Crippen molar-refractivity contribution in [3.8, 4) is 5.75 Å². The zero-order chi connectivity index (χ0) is 24.1. The number of carbonyl (C=O) groups excluding carboxylic acids is 2. The van der Waals surface area contributed by atoms with Gasteiger partial charge in [-0.2, -0.15) is 0 Å². The number of likely N-dealkylation sites (tertiary alicyclic amines) is 1. The predicted octanol–water partition coefficient (Wildman–Crippen LogP) is 4.76. The number of hydrogen-bond donors (Lipinski definition) is 1. The Balaban J connectivity index is 1.52. The summed E-state index contributed by atoms with van der Waals surface area (Å²) in [5, 5.41) is 13.5. The van der Waals surface area contributed by atoms with Gasteiger partial charge in [0.2, 0.25) is 0 Å². The van der Waals surface area contributed by atoms with Gasteiger partial charge in [0.25, 0.3) is 11.7 Å². The molecule has 3 heterocycles. The van der Waals surface area contributed by atoms with E-state index in [0.717, 1.165) is 46.9 Å². The van der Waals surface area contributed by atoms with Gasteiger partial charge in [-0.3, -0.25) is 9.59 Å². The molecule has 0 spiro atoms. The second-order valence-corrected chi connectivity index (χ2v) is 9.61. The van der Waals surface area contributed by atoms with E-state index in [1.165, 1.54) is 0 Å². The van der Waals surface area contributed by atoms with Crippen molar-refractivity contribution in [1.82, 2.24) is 4.90 Å². The average Bonchev–Trinajstić information content (AvgIpc) is 3.57. The summed E-state index contributed by atoms with van der Waals surface area (Å²) in [6.45, 7) is 2.96. The Bertz CT molecular complexity index is 1370. The molecule has 0 unspecified atom stereocenters. The van der Waals surface area contributed by atoms with Gasteiger partial charge >= 0.3 is 0 Å². The highest BCUT2D eigenvalue weighted by Crippen LogP contribution is 2.43. The summed E-state index contributed by atoms with van der Waals surface area (Å²) in [4.78, 5) is 28.4. The molecule has 3 atom stereocenters. The van der Waals surface area contributed by atoms with Crippen molar-refractivity contribution < 1.29 is 24.2 Å². The van der Waals surface area contributed by atoms with Crippen LogP contribution in [-0.2, 0) is 20.7 Å². The van der Waals surface area contributed by atoms with Crippen molar-refractivity contribution in [2.75, 3.05) is 13.2 Å². The van der Waals surface area contributed by atoms with Crippen molar-refractivity contribution in [2.45, 2.75) is 44.4 Å². The molecule has 0 aliphatic carbocycles. The lowest BCUT2D eigenvalue weighted by molar-refractivity contribution is -0.140. The van der Waals surface area contributed by atoms with Crippen LogP contribution in [0, 0.1) is 0 Å². The van der Waals surface area contributed by atoms with Crippen molar-refractivity contribution in [1.29, 1.82) is 0 Å². The number of nitrogens with zero attached hydrogens (tertiary/aromatic N) is 1. The number of carbonyl (C=O) groups is 2. The smallest absolute Gasteiger partial charge is 0.295 e. The Morgan fingerprint density at radius 3 is 2.74 bits per heavy atom. The molecule has 6 rings (SSSR count). The molecule has 1 N–H and O–H groups in total. The van der Waals surface area contributed by atoms with Crippen LogP contribution in [0.15, 0.2) is 66.2 Å². The van der Waals surface area contributed by atoms with Crippen LogP contribution in [0.1, 0.15) is 42.5 Å². The van der Waals surface area contributed by atoms with E-state index in [1.807, 2.05) is 61.5 Å². The molecule has 6 heteroatoms. The molecule has 3 aromatic carbocycles. The molecule has 0 saturated carbocycles. The summed E-state index contributed by atoms with van der Waals surface area (Å²) in [6.07, 6.45) is 2.45. The van der Waals surface area contributed by atoms with Gasteiger partial charge in [0.05, 0.1) is 17.7 Å². The first kappa shape index (κ1) is 21.9. The van der Waals surface area contributed by atoms with Crippen molar-refractivity contribution in [3.05, 3.63) is 82.9 Å². The van der Waals surface area contributed by atoms with Crippen LogP contribution < -0.4 is 4.74 Å². The fourth-order valence-electron chi connectivity index (χ4n) is 5.61. The number of hydrogen-bond acceptors (Lipinski definition) is 5. The first-order chi connectivity index (χ1) is 17.0. The van der Waals surface area contributed by atoms with Crippen LogP contribution >= 0.6 is 0 Å². The maximum atomic E-state index is 13.4. The molecule has 35 heavy (non-hydrogen) atoms. The first-order valence-electron chi connectivity index (χ1n) is 12.2. The zero-order valence-corrected chi connectivity index (χ0v) is 19.6. The Morgan fingerprint density at radius 1 is 1.09 bits per heavy atom. The lowest BCUT2D eigenvalue weighted by Crippen LogP contribution is -2.36. The van der Waals surface area contributed by atoms with Crippen LogP contribution in [0.4, 0.5) is 0 Å². The molecule has 0 aromatic heterocycles. The topological polar surface area (TPSA) is 76.1 Å². The molecule has 1 amide bonds. The summed E-state index contributed by atoms with van der Waals surface area (Å²) in [5.41, 5.74) is 2.44. The highest BCUT2D eigenvalue weighted by molar-refractivity contribution is 6.46. The largest absolute Gasteiger partial charge is 0.507 e. The SMILES string of the molecule is C[C@@H]1Cc2cc(C(O)=C3C(=O)C(=O)N(C[C@H]4CCCO4)[C@@H]3c3cccc4ccccc34)ccc2O1. The number of aliphatic hydroxyl groups is 1. The van der Waals surface area contributed by atoms with E-state index in [2.05, 4.69) is 0 Å². The predicted molar refractivity (Wildman–Crippen MR) is 132 cm³/mol. The molecule has 2 saturated heterocycles. The van der Waals surface area contributed by atoms with Crippen LogP contribution in [0.25, 0.3) is 16.5 Å². The summed E-state index contributed by atoms with van der Waals surface area (Å²) in [5.74, 6) is -0.626. The Labute approximate surface area is 203 Å². The van der Waals surface area contributed by atoms with Gasteiger partial charge in [-0.15, -0.1) is 0 Å². The van der Waals surface area contributed by atoms with Crippen molar-refractivity contribution in [3.63, 3.8) is 0 Å². The summed E-state index contributed by atoms with van der Waals surface area (Å²) >= 11 is 0. The monoisotopic (exact) mass is 469 g/mol. The third-order valence-electron chi connectivity index (χ3n) is 7.25. The first-order valence-corrected chi connectivity index (χ1v) is 12.2. The molecule has 3 aromatic rings. The van der Waals surface area contributed by atoms with Gasteiger partial charge in [0.15, 0.2) is 0 Å². The Hall–Kier alpha value is -3.64. The van der Waals surface area contributed by atoms with Crippen LogP contribution in [0.5, 0.6) is 5.75 Å². The fraction of sp³-hybridized carbons (Fsp3) is 0.310. The van der Waals surface area contributed by atoms with Crippen LogP contribution in [-0.4, -0.2) is 47.1 Å². The number of ketones is 1. The van der Waals surface area contributed by atoms with Crippen LogP contribution in [0.3, 0.4) is 0 Å². The number of aliphatic hydroxyl groups excluding tert-OH is 1. The number of benzene rings is 3. The normalized spacial score (nSPS) is 25.3. The molecule has 0 bridgehead atoms. The molecule has 3 aliphatic heterocycles. The Morgan fingerprint density at radius 2 is 1.91 bits per heavy atom. The molecule has 3 aliphatic rings. The quantitative estimate of drug-likeness (QED) is 0.339. The standard InChI is InChI=1S/C29H27NO5/c1-17-14-20-15-19(11-12-24(20)35-17)27(31)25-26(23-10-4-7-18-6-2-3-9-22(18)23)30(29(33)28(25)32)16-21-8-5-13-34-21/h2-4,6-7,9-12,15,17,21,26,31H,5,8,13-14,16H2,1H3/t17-,21-,26-/m1/s1. The number of Topliss-reactive ketones (excluding diaryl/α,β-unsaturated/α-hetero) is 1. The second-order valence-electron chi connectivity index (χ2n) is 9.61. The van der Waals surface area contributed by atoms with E-state index in [0.29, 0.717) is 18.7 Å². The zero-order valence-electron chi connectivity index (χ0n) is 19.6. The van der Waals surface area contributed by atoms with E-state index in [1.54, 1.807) is 11.0 Å². The van der Waals surface area contributed by atoms with Crippen molar-refractivity contribution >= 4 is 28.2 Å². The second kappa shape index (κ2) is 8.54. The molecular weight excluding hydrogens is 442 g/mol. The van der Waals surface area contributed by atoms with Gasteiger partial charge in [0.1, 0.15) is 17.6 Å². The minimum atomic E-state index is -0.700. The van der Waals surface area contributed by atoms with Gasteiger partial charge in [-0.05, 0) is 59.9 Å². The average molecular weight is 470 g/mol. The summed E-state index contributed by atoms with van der Waals surface area (Å²) in [6, 6.07) is 18.5. The van der Waals surface area contributed by atoms with Crippen LogP contribution in [0.2, 0.25) is 0 Å². The number of rotatable bonds is 4. The maximum Gasteiger partial charge on any atom is 0.295 e. The molecule has 2 fully saturated rings. The van der Waals surface area contributed by atoms with E-state index in [-0.39, 0.29) is 23.5 Å². The highest BCUT2D eigenvalue weighted by atomic mass is 16.5. The molecule has 178 valence electrons. The van der Waals surface area contributed by atoms with Crippen molar-refractivity contribution in [2.24, 2.45) is 0 Å². The third-order valence-corrected chi connectivity index (χ3v) is 7.25. The van der Waals surface area contributed by atoms with Gasteiger partial charge in [-0.25, -0.2) is 0 Å². The maximum absolute atomic E-state index is 13.4. The summed E-state index contributed by atoms with van der Waals surface area (Å²) in [7, 11) is 0. The van der Waals surface area contributed by atoms with E-state index in [9.17, 15) is 14.7 Å². The molecular formula is C29H27NO5.